The maximum atomic E-state index is 13.4. The Morgan fingerprint density at radius 3 is 2.25 bits per heavy atom. The highest BCUT2D eigenvalue weighted by molar-refractivity contribution is 6.13. The Balaban J connectivity index is 2.16. The Morgan fingerprint density at radius 1 is 1.16 bits per heavy atom. The van der Waals surface area contributed by atoms with Crippen LogP contribution in [0.4, 0.5) is 8.78 Å². The SMILES string of the molecule is CC(C)(C)C(N)=CC(=[NH2+])NC(=O)C(NC(=O)Cc1cc(F)cc(F)c1)C(=O)N1CCCC1. The number of likely N-dealkylation sites (tertiary alicyclic amines) is 1. The van der Waals surface area contributed by atoms with Crippen LogP contribution in [0.25, 0.3) is 0 Å². The van der Waals surface area contributed by atoms with E-state index in [1.165, 1.54) is 11.0 Å². The summed E-state index contributed by atoms with van der Waals surface area (Å²) in [5.41, 5.74) is 6.04. The highest BCUT2D eigenvalue weighted by Gasteiger charge is 2.36. The van der Waals surface area contributed by atoms with Gasteiger partial charge >= 0.3 is 5.91 Å². The van der Waals surface area contributed by atoms with E-state index in [1.54, 1.807) is 0 Å². The molecule has 1 aromatic carbocycles. The summed E-state index contributed by atoms with van der Waals surface area (Å²) in [6, 6.07) is 1.14. The number of nitrogens with one attached hydrogen (secondary N) is 2. The molecular weight excluding hydrogens is 420 g/mol. The van der Waals surface area contributed by atoms with Crippen molar-refractivity contribution in [2.45, 2.75) is 46.1 Å². The lowest BCUT2D eigenvalue weighted by Gasteiger charge is -2.22. The molecule has 174 valence electrons. The van der Waals surface area contributed by atoms with Crippen molar-refractivity contribution >= 4 is 23.6 Å². The van der Waals surface area contributed by atoms with Crippen LogP contribution in [0.3, 0.4) is 0 Å². The maximum Gasteiger partial charge on any atom is 0.339 e. The normalized spacial score (nSPS) is 15.3. The standard InChI is InChI=1S/C22H29F2N5O3/c1-22(2,3)16(25)12-17(26)27-20(31)19(21(32)29-6-4-5-7-29)28-18(30)10-13-8-14(23)11-15(24)9-13/h8-9,11-12,19H,4-7,10,25H2,1-3H3,(H,28,30)(H2,26,27,31)/p+1. The van der Waals surface area contributed by atoms with Crippen molar-refractivity contribution in [3.8, 4) is 0 Å². The number of nitrogens with two attached hydrogens (primary N) is 2. The van der Waals surface area contributed by atoms with Gasteiger partial charge in [0, 0.05) is 36.3 Å². The van der Waals surface area contributed by atoms with Crippen LogP contribution >= 0.6 is 0 Å². The van der Waals surface area contributed by atoms with Gasteiger partial charge < -0.3 is 16.0 Å². The average molecular weight is 451 g/mol. The van der Waals surface area contributed by atoms with Crippen LogP contribution in [0.2, 0.25) is 0 Å². The molecule has 1 aliphatic heterocycles. The fourth-order valence-electron chi connectivity index (χ4n) is 3.10. The van der Waals surface area contributed by atoms with Gasteiger partial charge in [0.2, 0.25) is 11.9 Å². The number of rotatable bonds is 6. The smallest absolute Gasteiger partial charge is 0.339 e. The summed E-state index contributed by atoms with van der Waals surface area (Å²) in [4.78, 5) is 39.7. The van der Waals surface area contributed by atoms with Gasteiger partial charge in [0.25, 0.3) is 11.7 Å². The molecule has 8 nitrogen and oxygen atoms in total. The van der Waals surface area contributed by atoms with E-state index < -0.39 is 47.2 Å². The highest BCUT2D eigenvalue weighted by Crippen LogP contribution is 2.19. The minimum Gasteiger partial charge on any atom is -0.401 e. The van der Waals surface area contributed by atoms with Gasteiger partial charge in [-0.05, 0) is 30.5 Å². The van der Waals surface area contributed by atoms with E-state index in [2.05, 4.69) is 10.6 Å². The maximum absolute atomic E-state index is 13.4. The Morgan fingerprint density at radius 2 is 1.72 bits per heavy atom. The number of halogens is 2. The molecule has 1 aliphatic rings. The summed E-state index contributed by atoms with van der Waals surface area (Å²) >= 11 is 0. The van der Waals surface area contributed by atoms with Gasteiger partial charge in [-0.2, -0.15) is 0 Å². The Hall–Kier alpha value is -3.30. The van der Waals surface area contributed by atoms with Crippen LogP contribution in [0.5, 0.6) is 0 Å². The largest absolute Gasteiger partial charge is 0.401 e. The number of amidine groups is 1. The van der Waals surface area contributed by atoms with Crippen LogP contribution in [0.15, 0.2) is 30.0 Å². The first kappa shape index (κ1) is 25.0. The third-order valence-corrected chi connectivity index (χ3v) is 4.96. The zero-order chi connectivity index (χ0) is 24.1. The second-order valence-electron chi connectivity index (χ2n) is 8.78. The summed E-state index contributed by atoms with van der Waals surface area (Å²) in [5, 5.41) is 10.6. The van der Waals surface area contributed by atoms with Gasteiger partial charge in [-0.15, -0.1) is 0 Å². The molecule has 1 fully saturated rings. The van der Waals surface area contributed by atoms with Crippen molar-refractivity contribution in [2.24, 2.45) is 11.1 Å². The molecular formula is C22H30F2N5O3+. The van der Waals surface area contributed by atoms with Crippen LogP contribution in [-0.2, 0) is 20.8 Å². The topological polar surface area (TPSA) is 130 Å². The van der Waals surface area contributed by atoms with Crippen molar-refractivity contribution < 1.29 is 28.6 Å². The van der Waals surface area contributed by atoms with E-state index in [0.29, 0.717) is 24.9 Å². The Kier molecular flexibility index (Phi) is 8.07. The predicted octanol–water partition coefficient (Wildman–Crippen LogP) is -0.223. The number of amides is 3. The Labute approximate surface area is 185 Å². The first-order valence-electron chi connectivity index (χ1n) is 10.3. The lowest BCUT2D eigenvalue weighted by Crippen LogP contribution is -2.60. The van der Waals surface area contributed by atoms with Gasteiger partial charge in [0.1, 0.15) is 11.6 Å². The molecule has 1 saturated heterocycles. The number of carbonyl (C=O) groups excluding carboxylic acids is 3. The average Bonchev–Trinajstić information content (AvgIpc) is 3.18. The van der Waals surface area contributed by atoms with Crippen molar-refractivity contribution in [3.63, 3.8) is 0 Å². The number of benzene rings is 1. The molecule has 1 aromatic rings. The number of nitrogens with zero attached hydrogens (tertiary/aromatic N) is 1. The number of hydrogen-bond acceptors (Lipinski definition) is 4. The lowest BCUT2D eigenvalue weighted by atomic mass is 9.92. The highest BCUT2D eigenvalue weighted by atomic mass is 19.1. The van der Waals surface area contributed by atoms with Crippen molar-refractivity contribution in [2.75, 3.05) is 13.1 Å². The second kappa shape index (κ2) is 10.3. The quantitative estimate of drug-likeness (QED) is 0.271. The zero-order valence-corrected chi connectivity index (χ0v) is 18.5. The van der Waals surface area contributed by atoms with Crippen LogP contribution in [-0.4, -0.2) is 47.6 Å². The van der Waals surface area contributed by atoms with Crippen LogP contribution < -0.4 is 21.8 Å². The fourth-order valence-corrected chi connectivity index (χ4v) is 3.10. The third-order valence-electron chi connectivity index (χ3n) is 4.96. The van der Waals surface area contributed by atoms with E-state index >= 15 is 0 Å². The third kappa shape index (κ3) is 7.14. The molecule has 2 rings (SSSR count). The van der Waals surface area contributed by atoms with Crippen molar-refractivity contribution in [3.05, 3.63) is 47.2 Å². The van der Waals surface area contributed by atoms with Crippen LogP contribution in [0.1, 0.15) is 39.2 Å². The molecule has 0 spiro atoms. The van der Waals surface area contributed by atoms with E-state index in [9.17, 15) is 23.2 Å². The lowest BCUT2D eigenvalue weighted by molar-refractivity contribution is -0.142. The van der Waals surface area contributed by atoms with E-state index in [-0.39, 0.29) is 11.4 Å². The van der Waals surface area contributed by atoms with E-state index in [1.807, 2.05) is 20.8 Å². The molecule has 1 heterocycles. The zero-order valence-electron chi connectivity index (χ0n) is 18.5. The Bertz CT molecular complexity index is 914. The molecule has 0 aromatic heterocycles. The second-order valence-corrected chi connectivity index (χ2v) is 8.78. The van der Waals surface area contributed by atoms with Gasteiger partial charge in [-0.1, -0.05) is 20.8 Å². The first-order valence-corrected chi connectivity index (χ1v) is 10.3. The molecule has 1 unspecified atom stereocenters. The number of carbonyl (C=O) groups is 3. The predicted molar refractivity (Wildman–Crippen MR) is 115 cm³/mol. The molecule has 0 aliphatic carbocycles. The molecule has 0 radical (unpaired) electrons. The molecule has 32 heavy (non-hydrogen) atoms. The van der Waals surface area contributed by atoms with Gasteiger partial charge in [0.05, 0.1) is 6.42 Å². The fraction of sp³-hybridized carbons (Fsp3) is 0.455. The summed E-state index contributed by atoms with van der Waals surface area (Å²) in [5.74, 6) is -3.91. The summed E-state index contributed by atoms with van der Waals surface area (Å²) in [7, 11) is 0. The molecule has 3 amide bonds. The minimum atomic E-state index is -1.55. The molecule has 1 atom stereocenters. The van der Waals surface area contributed by atoms with Crippen LogP contribution in [0, 0.1) is 17.0 Å². The molecule has 10 heteroatoms. The number of allylic oxidation sites excluding steroid dienone is 1. The molecule has 0 bridgehead atoms. The molecule has 0 saturated carbocycles. The summed E-state index contributed by atoms with van der Waals surface area (Å²) in [6.07, 6.45) is 2.54. The minimum absolute atomic E-state index is 0.0692. The van der Waals surface area contributed by atoms with Crippen molar-refractivity contribution in [1.82, 2.24) is 15.5 Å². The van der Waals surface area contributed by atoms with Gasteiger partial charge in [0.15, 0.2) is 0 Å². The van der Waals surface area contributed by atoms with E-state index in [0.717, 1.165) is 25.0 Å². The monoisotopic (exact) mass is 450 g/mol. The molecule has 6 N–H and O–H groups in total. The van der Waals surface area contributed by atoms with Crippen molar-refractivity contribution in [1.29, 1.82) is 0 Å². The summed E-state index contributed by atoms with van der Waals surface area (Å²) in [6.45, 7) is 6.52. The van der Waals surface area contributed by atoms with Gasteiger partial charge in [-0.25, -0.2) is 18.9 Å². The van der Waals surface area contributed by atoms with Gasteiger partial charge in [-0.3, -0.25) is 15.0 Å². The number of hydrogen-bond donors (Lipinski definition) is 4. The first-order chi connectivity index (χ1) is 14.9. The van der Waals surface area contributed by atoms with E-state index in [4.69, 9.17) is 11.1 Å². The summed E-state index contributed by atoms with van der Waals surface area (Å²) < 4.78 is 26.8.